The molecular weight excluding hydrogens is 393 g/mol. The zero-order chi connectivity index (χ0) is 20.5. The van der Waals surface area contributed by atoms with Crippen molar-refractivity contribution in [1.82, 2.24) is 15.1 Å². The average Bonchev–Trinajstić information content (AvgIpc) is 2.70. The van der Waals surface area contributed by atoms with E-state index in [2.05, 4.69) is 17.1 Å². The highest BCUT2D eigenvalue weighted by Crippen LogP contribution is 2.26. The molecule has 2 aromatic carbocycles. The highest BCUT2D eigenvalue weighted by atomic mass is 35.5. The number of hydrogen-bond donors (Lipinski definition) is 1. The van der Waals surface area contributed by atoms with Gasteiger partial charge in [0.1, 0.15) is 5.82 Å². The minimum absolute atomic E-state index is 0.157. The predicted octanol–water partition coefficient (Wildman–Crippen LogP) is 4.18. The number of nitrogens with one attached hydrogen (secondary N) is 1. The van der Waals surface area contributed by atoms with Gasteiger partial charge in [0, 0.05) is 30.5 Å². The molecule has 1 N–H and O–H groups in total. The van der Waals surface area contributed by atoms with Gasteiger partial charge in [-0.15, -0.1) is 0 Å². The number of fused-ring (bicyclic) bond motifs is 1. The van der Waals surface area contributed by atoms with Gasteiger partial charge in [-0.25, -0.2) is 9.49 Å². The predicted molar refractivity (Wildman–Crippen MR) is 111 cm³/mol. The number of aromatic amines is 1. The molecule has 0 aliphatic carbocycles. The summed E-state index contributed by atoms with van der Waals surface area (Å²) in [6.07, 6.45) is 2.16. The van der Waals surface area contributed by atoms with Gasteiger partial charge in [-0.3, -0.25) is 9.59 Å². The molecule has 0 radical (unpaired) electrons. The van der Waals surface area contributed by atoms with E-state index in [1.807, 2.05) is 0 Å². The van der Waals surface area contributed by atoms with Crippen LogP contribution in [0.15, 0.2) is 41.2 Å². The van der Waals surface area contributed by atoms with Crippen LogP contribution in [0.5, 0.6) is 0 Å². The SMILES string of the molecule is CC1CCN(C(=O)c2cc(F)cc(Cc3n[nH]c(=O)c4cccc(Cl)c34)c2)CC1. The average molecular weight is 414 g/mol. The lowest BCUT2D eigenvalue weighted by molar-refractivity contribution is 0.0696. The number of rotatable bonds is 3. The van der Waals surface area contributed by atoms with E-state index in [1.165, 1.54) is 12.1 Å². The Kier molecular flexibility index (Phi) is 5.37. The number of piperidine rings is 1. The van der Waals surface area contributed by atoms with Crippen molar-refractivity contribution < 1.29 is 9.18 Å². The van der Waals surface area contributed by atoms with E-state index >= 15 is 0 Å². The van der Waals surface area contributed by atoms with Crippen molar-refractivity contribution in [3.63, 3.8) is 0 Å². The second-order valence-electron chi connectivity index (χ2n) is 7.66. The van der Waals surface area contributed by atoms with Crippen LogP contribution < -0.4 is 5.56 Å². The number of amides is 1. The van der Waals surface area contributed by atoms with Crippen LogP contribution in [-0.4, -0.2) is 34.1 Å². The third-order valence-electron chi connectivity index (χ3n) is 5.49. The molecule has 3 aromatic rings. The summed E-state index contributed by atoms with van der Waals surface area (Å²) in [5.74, 6) is -0.0301. The second-order valence-corrected chi connectivity index (χ2v) is 8.07. The standard InChI is InChI=1S/C22H21ClFN3O2/c1-13-5-7-27(8-6-13)22(29)15-9-14(10-16(24)12-15)11-19-20-17(21(28)26-25-19)3-2-4-18(20)23/h2-4,9-10,12-13H,5-8,11H2,1H3,(H,26,28). The van der Waals surface area contributed by atoms with Gasteiger partial charge in [-0.05, 0) is 54.7 Å². The number of likely N-dealkylation sites (tertiary alicyclic amines) is 1. The van der Waals surface area contributed by atoms with E-state index in [4.69, 9.17) is 11.6 Å². The summed E-state index contributed by atoms with van der Waals surface area (Å²) in [4.78, 5) is 26.7. The van der Waals surface area contributed by atoms with Crippen LogP contribution >= 0.6 is 11.6 Å². The van der Waals surface area contributed by atoms with Crippen LogP contribution in [0.3, 0.4) is 0 Å². The van der Waals surface area contributed by atoms with Crippen LogP contribution in [0.2, 0.25) is 5.02 Å². The number of benzene rings is 2. The molecule has 5 nitrogen and oxygen atoms in total. The van der Waals surface area contributed by atoms with Crippen LogP contribution in [0.4, 0.5) is 4.39 Å². The van der Waals surface area contributed by atoms with E-state index < -0.39 is 5.82 Å². The molecule has 2 heterocycles. The van der Waals surface area contributed by atoms with Gasteiger partial charge in [0.15, 0.2) is 0 Å². The molecule has 1 aromatic heterocycles. The maximum atomic E-state index is 14.3. The van der Waals surface area contributed by atoms with E-state index in [9.17, 15) is 14.0 Å². The molecule has 0 bridgehead atoms. The Morgan fingerprint density at radius 3 is 2.79 bits per heavy atom. The van der Waals surface area contributed by atoms with Crippen molar-refractivity contribution in [2.45, 2.75) is 26.2 Å². The van der Waals surface area contributed by atoms with E-state index in [0.717, 1.165) is 12.8 Å². The van der Waals surface area contributed by atoms with Crippen molar-refractivity contribution >= 4 is 28.3 Å². The van der Waals surface area contributed by atoms with Gasteiger partial charge < -0.3 is 4.90 Å². The molecule has 7 heteroatoms. The lowest BCUT2D eigenvalue weighted by Gasteiger charge is -2.30. The number of carbonyl (C=O) groups excluding carboxylic acids is 1. The summed E-state index contributed by atoms with van der Waals surface area (Å²) in [6, 6.07) is 9.40. The number of aromatic nitrogens is 2. The van der Waals surface area contributed by atoms with Crippen LogP contribution in [-0.2, 0) is 6.42 Å². The maximum Gasteiger partial charge on any atom is 0.272 e. The molecule has 0 unspecified atom stereocenters. The Labute approximate surface area is 172 Å². The number of halogens is 2. The number of nitrogens with zero attached hydrogens (tertiary/aromatic N) is 2. The highest BCUT2D eigenvalue weighted by Gasteiger charge is 2.22. The fraction of sp³-hybridized carbons (Fsp3) is 0.318. The largest absolute Gasteiger partial charge is 0.339 e. The molecule has 29 heavy (non-hydrogen) atoms. The summed E-state index contributed by atoms with van der Waals surface area (Å²) in [5.41, 5.74) is 1.12. The summed E-state index contributed by atoms with van der Waals surface area (Å²) in [6.45, 7) is 3.55. The monoisotopic (exact) mass is 413 g/mol. The molecule has 150 valence electrons. The van der Waals surface area contributed by atoms with Crippen molar-refractivity contribution in [2.24, 2.45) is 5.92 Å². The van der Waals surface area contributed by atoms with Crippen molar-refractivity contribution in [2.75, 3.05) is 13.1 Å². The van der Waals surface area contributed by atoms with E-state index in [0.29, 0.717) is 51.6 Å². The molecule has 0 spiro atoms. The topological polar surface area (TPSA) is 66.1 Å². The summed E-state index contributed by atoms with van der Waals surface area (Å²) in [5, 5.41) is 7.97. The Bertz CT molecular complexity index is 1140. The van der Waals surface area contributed by atoms with Gasteiger partial charge in [-0.2, -0.15) is 5.10 Å². The van der Waals surface area contributed by atoms with E-state index in [-0.39, 0.29) is 17.9 Å². The van der Waals surface area contributed by atoms with Gasteiger partial charge in [0.25, 0.3) is 11.5 Å². The van der Waals surface area contributed by atoms with Crippen LogP contribution in [0, 0.1) is 11.7 Å². The highest BCUT2D eigenvalue weighted by molar-refractivity contribution is 6.35. The Hall–Kier alpha value is -2.73. The fourth-order valence-corrected chi connectivity index (χ4v) is 4.12. The normalized spacial score (nSPS) is 15.1. The van der Waals surface area contributed by atoms with Gasteiger partial charge >= 0.3 is 0 Å². The first-order chi connectivity index (χ1) is 13.9. The number of carbonyl (C=O) groups is 1. The quantitative estimate of drug-likeness (QED) is 0.700. The minimum Gasteiger partial charge on any atom is -0.339 e. The maximum absolute atomic E-state index is 14.3. The van der Waals surface area contributed by atoms with Gasteiger partial charge in [0.05, 0.1) is 16.1 Å². The second kappa shape index (κ2) is 7.95. The first-order valence-corrected chi connectivity index (χ1v) is 10.0. The van der Waals surface area contributed by atoms with Crippen LogP contribution in [0.25, 0.3) is 10.8 Å². The minimum atomic E-state index is -0.476. The Morgan fingerprint density at radius 2 is 2.03 bits per heavy atom. The summed E-state index contributed by atoms with van der Waals surface area (Å²) in [7, 11) is 0. The van der Waals surface area contributed by atoms with E-state index in [1.54, 1.807) is 29.2 Å². The lowest BCUT2D eigenvalue weighted by Crippen LogP contribution is -2.38. The molecule has 1 saturated heterocycles. The van der Waals surface area contributed by atoms with Crippen LogP contribution in [0.1, 0.15) is 41.4 Å². The lowest BCUT2D eigenvalue weighted by atomic mass is 9.98. The molecule has 1 aliphatic rings. The molecule has 0 atom stereocenters. The molecule has 1 fully saturated rings. The van der Waals surface area contributed by atoms with Gasteiger partial charge in [0.2, 0.25) is 0 Å². The smallest absolute Gasteiger partial charge is 0.272 e. The molecule has 4 rings (SSSR count). The zero-order valence-corrected chi connectivity index (χ0v) is 16.8. The van der Waals surface area contributed by atoms with Crippen molar-refractivity contribution in [3.05, 3.63) is 74.4 Å². The third kappa shape index (κ3) is 4.03. The summed E-state index contributed by atoms with van der Waals surface area (Å²) >= 11 is 6.30. The van der Waals surface area contributed by atoms with Crippen molar-refractivity contribution in [3.8, 4) is 0 Å². The van der Waals surface area contributed by atoms with Crippen molar-refractivity contribution in [1.29, 1.82) is 0 Å². The number of H-pyrrole nitrogens is 1. The number of hydrogen-bond acceptors (Lipinski definition) is 3. The van der Waals surface area contributed by atoms with Gasteiger partial charge in [-0.1, -0.05) is 24.6 Å². The molecular formula is C22H21ClFN3O2. The fourth-order valence-electron chi connectivity index (χ4n) is 3.83. The molecule has 0 saturated carbocycles. The molecule has 1 amide bonds. The third-order valence-corrected chi connectivity index (χ3v) is 5.80. The molecule has 1 aliphatic heterocycles. The Balaban J connectivity index is 1.67. The Morgan fingerprint density at radius 1 is 1.28 bits per heavy atom. The first-order valence-electron chi connectivity index (χ1n) is 9.67. The first kappa shape index (κ1) is 19.6. The zero-order valence-electron chi connectivity index (χ0n) is 16.0. The summed E-state index contributed by atoms with van der Waals surface area (Å²) < 4.78 is 14.3.